The normalized spacial score (nSPS) is 11.3. The van der Waals surface area contributed by atoms with Gasteiger partial charge in [0.2, 0.25) is 8.41 Å². The average molecular weight is 210 g/mol. The molecule has 72 valence electrons. The Hall–Kier alpha value is -0.0331. The first-order valence-electron chi connectivity index (χ1n) is 3.85. The third kappa shape index (κ3) is 8.07. The monoisotopic (exact) mass is 210 g/mol. The topological polar surface area (TPSA) is 26.3 Å². The molecule has 0 radical (unpaired) electrons. The maximum Gasteiger partial charge on any atom is 0.367 e. The Balaban J connectivity index is 3.28. The van der Waals surface area contributed by atoms with Gasteiger partial charge in [-0.05, 0) is 43.6 Å². The Morgan fingerprint density at radius 2 is 2.17 bits per heavy atom. The third-order valence-electron chi connectivity index (χ3n) is 1.30. The summed E-state index contributed by atoms with van der Waals surface area (Å²) in [7, 11) is -2.44. The van der Waals surface area contributed by atoms with Crippen LogP contribution in [0.3, 0.4) is 0 Å². The highest BCUT2D eigenvalue weighted by molar-refractivity contribution is 8.12. The lowest BCUT2D eigenvalue weighted by atomic mass is 10.5. The Kier molecular flexibility index (Phi) is 5.57. The zero-order valence-electron chi connectivity index (χ0n) is 7.72. The van der Waals surface area contributed by atoms with E-state index in [2.05, 4.69) is 0 Å². The molecule has 0 aliphatic rings. The first kappa shape index (κ1) is 12.0. The van der Waals surface area contributed by atoms with E-state index in [1.807, 2.05) is 0 Å². The first-order valence-corrected chi connectivity index (χ1v) is 8.16. The molecular formula is C7H15FO2SSi. The fourth-order valence-electron chi connectivity index (χ4n) is 0.707. The van der Waals surface area contributed by atoms with Gasteiger partial charge in [-0.15, -0.1) is 0 Å². The van der Waals surface area contributed by atoms with Gasteiger partial charge < -0.3 is 8.84 Å². The van der Waals surface area contributed by atoms with Gasteiger partial charge in [-0.1, -0.05) is 0 Å². The molecular weight excluding hydrogens is 195 g/mol. The summed E-state index contributed by atoms with van der Waals surface area (Å²) < 4.78 is 17.8. The van der Waals surface area contributed by atoms with Crippen LogP contribution in [0.2, 0.25) is 19.1 Å². The molecule has 2 nitrogen and oxygen atoms in total. The molecule has 0 aliphatic heterocycles. The van der Waals surface area contributed by atoms with Crippen molar-refractivity contribution in [1.82, 2.24) is 0 Å². The van der Waals surface area contributed by atoms with E-state index in [1.54, 1.807) is 19.3 Å². The molecule has 0 aromatic heterocycles. The van der Waals surface area contributed by atoms with Crippen molar-refractivity contribution in [1.29, 1.82) is 0 Å². The van der Waals surface area contributed by atoms with Crippen LogP contribution >= 0.6 is 11.8 Å². The van der Waals surface area contributed by atoms with Gasteiger partial charge in [-0.2, -0.15) is 0 Å². The third-order valence-corrected chi connectivity index (χ3v) is 3.30. The highest BCUT2D eigenvalue weighted by atomic mass is 32.2. The molecule has 12 heavy (non-hydrogen) atoms. The standard InChI is InChI=1S/C7H15FO2SSi/c1-11-7(9)10-5-4-6-12(2,3)8/h4-6H2,1-3H3. The number of carbonyl (C=O) groups excluding carboxylic acids is 1. The number of hydrogen-bond acceptors (Lipinski definition) is 3. The van der Waals surface area contributed by atoms with Gasteiger partial charge in [0.1, 0.15) is 0 Å². The summed E-state index contributed by atoms with van der Waals surface area (Å²) in [6.07, 6.45) is 2.30. The van der Waals surface area contributed by atoms with E-state index < -0.39 is 8.41 Å². The van der Waals surface area contributed by atoms with Crippen LogP contribution in [0.15, 0.2) is 0 Å². The molecule has 0 spiro atoms. The molecule has 0 saturated carbocycles. The molecule has 0 rings (SSSR count). The van der Waals surface area contributed by atoms with Crippen molar-refractivity contribution in [2.75, 3.05) is 12.9 Å². The number of thioether (sulfide) groups is 1. The molecule has 0 aromatic carbocycles. The van der Waals surface area contributed by atoms with Crippen LogP contribution in [-0.4, -0.2) is 26.6 Å². The van der Waals surface area contributed by atoms with Gasteiger partial charge in [0.05, 0.1) is 6.61 Å². The van der Waals surface area contributed by atoms with Crippen LogP contribution in [0, 0.1) is 0 Å². The van der Waals surface area contributed by atoms with Crippen LogP contribution in [-0.2, 0) is 4.74 Å². The van der Waals surface area contributed by atoms with E-state index in [1.165, 1.54) is 0 Å². The predicted octanol–water partition coefficient (Wildman–Crippen LogP) is 3.05. The van der Waals surface area contributed by atoms with Gasteiger partial charge in [0.15, 0.2) is 0 Å². The van der Waals surface area contributed by atoms with Gasteiger partial charge in [-0.3, -0.25) is 0 Å². The summed E-state index contributed by atoms with van der Waals surface area (Å²) in [5.74, 6) is 0. The molecule has 0 bridgehead atoms. The van der Waals surface area contributed by atoms with Crippen LogP contribution in [0.1, 0.15) is 6.42 Å². The Morgan fingerprint density at radius 3 is 2.58 bits per heavy atom. The number of rotatable bonds is 4. The number of halogens is 1. The minimum absolute atomic E-state index is 0.284. The lowest BCUT2D eigenvalue weighted by Gasteiger charge is -2.09. The summed E-state index contributed by atoms with van der Waals surface area (Å²) >= 11 is 1.04. The summed E-state index contributed by atoms with van der Waals surface area (Å²) in [6, 6.07) is 0.564. The van der Waals surface area contributed by atoms with Crippen molar-refractivity contribution < 1.29 is 13.6 Å². The fraction of sp³-hybridized carbons (Fsp3) is 0.857. The zero-order valence-corrected chi connectivity index (χ0v) is 9.54. The molecule has 0 amide bonds. The van der Waals surface area contributed by atoms with Crippen molar-refractivity contribution in [3.8, 4) is 0 Å². The maximum atomic E-state index is 13.0. The molecule has 0 atom stereocenters. The number of hydrogen-bond donors (Lipinski definition) is 0. The fourth-order valence-corrected chi connectivity index (χ4v) is 1.89. The van der Waals surface area contributed by atoms with E-state index in [-0.39, 0.29) is 5.30 Å². The first-order chi connectivity index (χ1) is 5.45. The minimum Gasteiger partial charge on any atom is -0.458 e. The summed E-state index contributed by atoms with van der Waals surface area (Å²) in [5.41, 5.74) is 0. The van der Waals surface area contributed by atoms with Gasteiger partial charge in [0.25, 0.3) is 0 Å². The lowest BCUT2D eigenvalue weighted by Crippen LogP contribution is -2.18. The molecule has 0 unspecified atom stereocenters. The average Bonchev–Trinajstić information content (AvgIpc) is 1.96. The smallest absolute Gasteiger partial charge is 0.367 e. The van der Waals surface area contributed by atoms with Crippen LogP contribution in [0.5, 0.6) is 0 Å². The second kappa shape index (κ2) is 5.58. The zero-order chi connectivity index (χ0) is 9.61. The largest absolute Gasteiger partial charge is 0.458 e. The van der Waals surface area contributed by atoms with E-state index >= 15 is 0 Å². The lowest BCUT2D eigenvalue weighted by molar-refractivity contribution is 0.175. The molecule has 5 heteroatoms. The van der Waals surface area contributed by atoms with Crippen molar-refractivity contribution in [2.45, 2.75) is 25.6 Å². The molecule has 0 fully saturated rings. The van der Waals surface area contributed by atoms with E-state index in [9.17, 15) is 8.90 Å². The summed E-state index contributed by atoms with van der Waals surface area (Å²) in [6.45, 7) is 3.66. The minimum atomic E-state index is -2.44. The van der Waals surface area contributed by atoms with E-state index in [0.717, 1.165) is 11.8 Å². The molecule has 0 aliphatic carbocycles. The van der Waals surface area contributed by atoms with E-state index in [4.69, 9.17) is 4.74 Å². The summed E-state index contributed by atoms with van der Waals surface area (Å²) in [5, 5.41) is -0.284. The van der Waals surface area contributed by atoms with Gasteiger partial charge >= 0.3 is 5.30 Å². The van der Waals surface area contributed by atoms with Gasteiger partial charge in [-0.25, -0.2) is 4.79 Å². The highest BCUT2D eigenvalue weighted by Gasteiger charge is 2.19. The molecule has 0 saturated heterocycles. The summed E-state index contributed by atoms with van der Waals surface area (Å²) in [4.78, 5) is 10.6. The Bertz CT molecular complexity index is 147. The SMILES string of the molecule is CSC(=O)OCCC[Si](C)(C)F. The molecule has 0 heterocycles. The van der Waals surface area contributed by atoms with Crippen molar-refractivity contribution in [2.24, 2.45) is 0 Å². The Labute approximate surface area is 78.0 Å². The van der Waals surface area contributed by atoms with Gasteiger partial charge in [0, 0.05) is 0 Å². The maximum absolute atomic E-state index is 13.0. The Morgan fingerprint density at radius 1 is 1.58 bits per heavy atom. The van der Waals surface area contributed by atoms with Crippen LogP contribution in [0.25, 0.3) is 0 Å². The quantitative estimate of drug-likeness (QED) is 0.309. The second-order valence-corrected chi connectivity index (χ2v) is 7.80. The van der Waals surface area contributed by atoms with Crippen LogP contribution in [0.4, 0.5) is 8.90 Å². The highest BCUT2D eigenvalue weighted by Crippen LogP contribution is 2.13. The molecule has 0 aromatic rings. The molecule has 0 N–H and O–H groups in total. The number of ether oxygens (including phenoxy) is 1. The van der Waals surface area contributed by atoms with E-state index in [0.29, 0.717) is 19.1 Å². The predicted molar refractivity (Wildman–Crippen MR) is 52.9 cm³/mol. The number of carbonyl (C=O) groups is 1. The van der Waals surface area contributed by atoms with Crippen LogP contribution < -0.4 is 0 Å². The van der Waals surface area contributed by atoms with Crippen molar-refractivity contribution >= 4 is 25.5 Å². The van der Waals surface area contributed by atoms with Crippen molar-refractivity contribution in [3.05, 3.63) is 0 Å². The second-order valence-electron chi connectivity index (χ2n) is 3.12. The van der Waals surface area contributed by atoms with Crippen molar-refractivity contribution in [3.63, 3.8) is 0 Å².